The van der Waals surface area contributed by atoms with Crippen LogP contribution in [0.4, 0.5) is 19.4 Å². The SMILES string of the molecule is C#Cc1c(F)ccc2cc(O)cc(-c3nc4c5c(nc(OC[C@@]67CCCN6[C@H](COC(=O)N(C)C)CC7)nc5c3F)N3CCN[C@@H](CC)[C@H]3CO4)c12. The van der Waals surface area contributed by atoms with Gasteiger partial charge in [0.15, 0.2) is 5.82 Å². The number of amides is 1. The van der Waals surface area contributed by atoms with Gasteiger partial charge in [0.05, 0.1) is 17.1 Å². The van der Waals surface area contributed by atoms with Crippen LogP contribution in [0.3, 0.4) is 0 Å². The topological polar surface area (TPSA) is 125 Å². The van der Waals surface area contributed by atoms with E-state index in [1.807, 2.05) is 0 Å². The molecule has 272 valence electrons. The number of terminal acetylenes is 1. The van der Waals surface area contributed by atoms with Crippen molar-refractivity contribution in [2.75, 3.05) is 58.5 Å². The van der Waals surface area contributed by atoms with E-state index in [4.69, 9.17) is 25.6 Å². The van der Waals surface area contributed by atoms with Crippen LogP contribution in [0.2, 0.25) is 0 Å². The second-order valence-corrected chi connectivity index (χ2v) is 14.3. The molecule has 2 N–H and O–H groups in total. The summed E-state index contributed by atoms with van der Waals surface area (Å²) < 4.78 is 50.6. The summed E-state index contributed by atoms with van der Waals surface area (Å²) in [6, 6.07) is 5.46. The fraction of sp³-hybridized carbons (Fsp3) is 0.474. The predicted molar refractivity (Wildman–Crippen MR) is 191 cm³/mol. The van der Waals surface area contributed by atoms with Crippen molar-refractivity contribution in [3.63, 3.8) is 0 Å². The number of nitrogens with zero attached hydrogens (tertiary/aromatic N) is 6. The molecule has 0 radical (unpaired) electrons. The van der Waals surface area contributed by atoms with E-state index in [1.165, 1.54) is 29.2 Å². The summed E-state index contributed by atoms with van der Waals surface area (Å²) in [4.78, 5) is 32.4. The number of aromatic nitrogens is 3. The first-order valence-electron chi connectivity index (χ1n) is 17.8. The van der Waals surface area contributed by atoms with Gasteiger partial charge in [-0.2, -0.15) is 9.97 Å². The van der Waals surface area contributed by atoms with Gasteiger partial charge in [-0.05, 0) is 62.2 Å². The first-order chi connectivity index (χ1) is 25.1. The number of rotatable bonds is 7. The number of benzene rings is 2. The highest BCUT2D eigenvalue weighted by Gasteiger charge is 2.50. The van der Waals surface area contributed by atoms with Crippen molar-refractivity contribution in [2.45, 2.75) is 62.7 Å². The van der Waals surface area contributed by atoms with E-state index in [0.717, 1.165) is 38.6 Å². The first kappa shape index (κ1) is 34.1. The number of phenols is 1. The average molecular weight is 714 g/mol. The van der Waals surface area contributed by atoms with Crippen LogP contribution in [0.1, 0.15) is 44.6 Å². The number of carbonyl (C=O) groups is 1. The standard InChI is InChI=1S/C38H41F2N7O5/c1-5-24-26(39)9-8-21-16-23(48)17-25(29(21)24)32-31(40)33-30-34(46-15-13-41-27(6-2)28(46)19-50-35(30)42-32)44-36(43-33)52-20-38-11-7-14-47(38)22(10-12-38)18-51-37(49)45(3)4/h1,8-9,16-17,22,27-28,41,48H,6-7,10-15,18-20H2,2-4H3/t22-,27-,28+,38-/m0/s1. The number of carbonyl (C=O) groups excluding carboxylic acids is 1. The highest BCUT2D eigenvalue weighted by molar-refractivity contribution is 6.04. The Morgan fingerprint density at radius 1 is 1.19 bits per heavy atom. The molecule has 12 nitrogen and oxygen atoms in total. The molecule has 4 aliphatic heterocycles. The molecule has 3 saturated heterocycles. The Bertz CT molecular complexity index is 2130. The number of ether oxygens (including phenoxy) is 3. The minimum atomic E-state index is -0.806. The number of aromatic hydroxyl groups is 1. The molecule has 0 saturated carbocycles. The van der Waals surface area contributed by atoms with Crippen LogP contribution in [0.15, 0.2) is 24.3 Å². The van der Waals surface area contributed by atoms with Gasteiger partial charge in [-0.3, -0.25) is 4.90 Å². The lowest BCUT2D eigenvalue weighted by molar-refractivity contribution is 0.0484. The third-order valence-electron chi connectivity index (χ3n) is 11.2. The largest absolute Gasteiger partial charge is 0.508 e. The van der Waals surface area contributed by atoms with E-state index >= 15 is 8.78 Å². The van der Waals surface area contributed by atoms with Crippen molar-refractivity contribution in [2.24, 2.45) is 0 Å². The van der Waals surface area contributed by atoms with E-state index in [2.05, 4.69) is 37.9 Å². The Morgan fingerprint density at radius 2 is 2.04 bits per heavy atom. The summed E-state index contributed by atoms with van der Waals surface area (Å²) in [7, 11) is 3.32. The Kier molecular flexibility index (Phi) is 8.66. The number of phenolic OH excluding ortho intramolecular Hbond substituents is 1. The second-order valence-electron chi connectivity index (χ2n) is 14.3. The quantitative estimate of drug-likeness (QED) is 0.256. The summed E-state index contributed by atoms with van der Waals surface area (Å²) in [5.41, 5.74) is -0.542. The summed E-state index contributed by atoms with van der Waals surface area (Å²) in [5, 5.41) is 15.2. The van der Waals surface area contributed by atoms with Gasteiger partial charge < -0.3 is 34.4 Å². The lowest BCUT2D eigenvalue weighted by Crippen LogP contribution is -2.60. The molecular formula is C38H41F2N7O5. The highest BCUT2D eigenvalue weighted by Crippen LogP contribution is 2.45. The van der Waals surface area contributed by atoms with E-state index in [-0.39, 0.29) is 94.9 Å². The van der Waals surface area contributed by atoms with Crippen molar-refractivity contribution in [1.82, 2.24) is 30.1 Å². The molecule has 4 atom stereocenters. The van der Waals surface area contributed by atoms with Crippen LogP contribution >= 0.6 is 0 Å². The van der Waals surface area contributed by atoms with Gasteiger partial charge in [-0.25, -0.2) is 18.6 Å². The molecule has 14 heteroatoms. The second kappa shape index (κ2) is 13.2. The molecule has 1 amide bonds. The number of nitrogens with one attached hydrogen (secondary N) is 1. The minimum Gasteiger partial charge on any atom is -0.508 e. The Morgan fingerprint density at radius 3 is 2.83 bits per heavy atom. The summed E-state index contributed by atoms with van der Waals surface area (Å²) in [6.07, 6.45) is 9.75. The van der Waals surface area contributed by atoms with Gasteiger partial charge in [0.25, 0.3) is 0 Å². The number of anilines is 1. The van der Waals surface area contributed by atoms with E-state index in [1.54, 1.807) is 14.1 Å². The Balaban J connectivity index is 1.23. The molecule has 3 fully saturated rings. The van der Waals surface area contributed by atoms with Gasteiger partial charge in [-0.1, -0.05) is 18.9 Å². The molecule has 0 unspecified atom stereocenters. The fourth-order valence-corrected chi connectivity index (χ4v) is 8.64. The Hall–Kier alpha value is -5.00. The van der Waals surface area contributed by atoms with Crippen molar-refractivity contribution in [1.29, 1.82) is 0 Å². The van der Waals surface area contributed by atoms with Gasteiger partial charge in [0.1, 0.15) is 53.8 Å². The monoisotopic (exact) mass is 713 g/mol. The smallest absolute Gasteiger partial charge is 0.409 e. The van der Waals surface area contributed by atoms with Crippen LogP contribution in [0.5, 0.6) is 17.6 Å². The molecule has 0 spiro atoms. The summed E-state index contributed by atoms with van der Waals surface area (Å²) in [6.45, 7) is 5.02. The van der Waals surface area contributed by atoms with Gasteiger partial charge >= 0.3 is 12.1 Å². The number of hydrogen-bond acceptors (Lipinski definition) is 11. The third kappa shape index (κ3) is 5.58. The average Bonchev–Trinajstić information content (AvgIpc) is 3.66. The third-order valence-corrected chi connectivity index (χ3v) is 11.2. The molecule has 52 heavy (non-hydrogen) atoms. The molecule has 2 aromatic heterocycles. The van der Waals surface area contributed by atoms with E-state index < -0.39 is 11.6 Å². The predicted octanol–water partition coefficient (Wildman–Crippen LogP) is 4.83. The van der Waals surface area contributed by atoms with E-state index in [0.29, 0.717) is 29.7 Å². The lowest BCUT2D eigenvalue weighted by Gasteiger charge is -2.41. The molecule has 0 aliphatic carbocycles. The number of fused-ring (bicyclic) bond motifs is 4. The van der Waals surface area contributed by atoms with Crippen LogP contribution in [-0.2, 0) is 4.74 Å². The highest BCUT2D eigenvalue weighted by atomic mass is 19.1. The van der Waals surface area contributed by atoms with Crippen molar-refractivity contribution >= 4 is 33.6 Å². The maximum Gasteiger partial charge on any atom is 0.409 e. The molecule has 0 bridgehead atoms. The zero-order chi connectivity index (χ0) is 36.3. The molecule has 4 aromatic rings. The summed E-state index contributed by atoms with van der Waals surface area (Å²) >= 11 is 0. The number of halogens is 2. The normalized spacial score (nSPS) is 23.8. The van der Waals surface area contributed by atoms with Crippen LogP contribution in [0, 0.1) is 24.0 Å². The fourth-order valence-electron chi connectivity index (χ4n) is 8.64. The van der Waals surface area contributed by atoms with Crippen molar-refractivity contribution in [3.05, 3.63) is 41.5 Å². The van der Waals surface area contributed by atoms with Gasteiger partial charge in [0.2, 0.25) is 5.88 Å². The maximum atomic E-state index is 17.2. The minimum absolute atomic E-state index is 0.0107. The molecular weight excluding hydrogens is 672 g/mol. The molecule has 4 aliphatic rings. The van der Waals surface area contributed by atoms with Crippen LogP contribution in [-0.4, -0.2) is 113 Å². The van der Waals surface area contributed by atoms with Gasteiger partial charge in [0, 0.05) is 50.2 Å². The molecule has 8 rings (SSSR count). The number of piperazine rings is 1. The van der Waals surface area contributed by atoms with Crippen LogP contribution in [0.25, 0.3) is 32.9 Å². The van der Waals surface area contributed by atoms with Crippen molar-refractivity contribution in [3.8, 4) is 41.2 Å². The molecule has 2 aromatic carbocycles. The maximum absolute atomic E-state index is 17.2. The number of hydrogen-bond donors (Lipinski definition) is 2. The first-order valence-corrected chi connectivity index (χ1v) is 17.8. The molecule has 6 heterocycles. The summed E-state index contributed by atoms with van der Waals surface area (Å²) in [5.74, 6) is 1.35. The van der Waals surface area contributed by atoms with Crippen LogP contribution < -0.4 is 19.7 Å². The Labute approximate surface area is 300 Å². The number of pyridine rings is 1. The van der Waals surface area contributed by atoms with E-state index in [9.17, 15) is 9.90 Å². The van der Waals surface area contributed by atoms with Crippen molar-refractivity contribution < 1.29 is 32.9 Å². The zero-order valence-corrected chi connectivity index (χ0v) is 29.4. The lowest BCUT2D eigenvalue weighted by atomic mass is 9.95. The van der Waals surface area contributed by atoms with Gasteiger partial charge in [-0.15, -0.1) is 6.42 Å². The zero-order valence-electron chi connectivity index (χ0n) is 29.4.